The van der Waals surface area contributed by atoms with Crippen LogP contribution in [0.4, 0.5) is 5.69 Å². The Balaban J connectivity index is 1.22. The standard InChI is InChI=1S/C43H44N5O6S/c1-4-6-20-46(21-7-5-2)43(53)35-22-27(3)48(45-35)36-19-17-31(25-34(36)42(52)47-26-30-13-9-8-12-28(30)24-39(47)49)44-41(51)29-16-18-33-38(23-29)55(54)37-15-11-10-14-32(37)40(33)50/h8-19,22,25,39,49H,4-7,20-21,23-24,26H2,1-3H3,(H,44,51)/q-1. The molecule has 0 saturated heterocycles. The van der Waals surface area contributed by atoms with E-state index in [-0.39, 0.29) is 42.3 Å². The van der Waals surface area contributed by atoms with Crippen LogP contribution in [0.3, 0.4) is 0 Å². The highest BCUT2D eigenvalue weighted by Gasteiger charge is 2.32. The summed E-state index contributed by atoms with van der Waals surface area (Å²) in [5.41, 5.74) is 4.67. The highest BCUT2D eigenvalue weighted by Crippen LogP contribution is 2.31. The monoisotopic (exact) mass is 758 g/mol. The summed E-state index contributed by atoms with van der Waals surface area (Å²) in [6.07, 6.45) is 5.95. The number of fused-ring (bicyclic) bond motifs is 3. The van der Waals surface area contributed by atoms with Gasteiger partial charge in [-0.3, -0.25) is 19.2 Å². The summed E-state index contributed by atoms with van der Waals surface area (Å²) >= 11 is 0. The van der Waals surface area contributed by atoms with Crippen LogP contribution in [-0.4, -0.2) is 72.4 Å². The Bertz CT molecular complexity index is 2360. The number of allylic oxidation sites excluding steroid dienone is 3. The fourth-order valence-corrected chi connectivity index (χ4v) is 8.74. The highest BCUT2D eigenvalue weighted by atomic mass is 32.2. The van der Waals surface area contributed by atoms with Gasteiger partial charge in [0, 0.05) is 54.1 Å². The molecule has 4 aromatic rings. The number of hydrogen-bond donors (Lipinski definition) is 2. The molecule has 0 spiro atoms. The average molecular weight is 759 g/mol. The first-order valence-electron chi connectivity index (χ1n) is 18.8. The summed E-state index contributed by atoms with van der Waals surface area (Å²) in [4.78, 5) is 59.2. The van der Waals surface area contributed by atoms with Crippen LogP contribution in [0.25, 0.3) is 5.69 Å². The van der Waals surface area contributed by atoms with Crippen LogP contribution in [0.15, 0.2) is 101 Å². The SMILES string of the molecule is CCCCN(CCCC)C(=O)c1cc(C)n(-c2ccc(NC(=O)C3=CC=C4C(=O)c5ccccc5[S-](=O)=C4C3)cc2C(=O)N2Cc3ccccc3CC2O)n1. The minimum atomic E-state index is -1.61. The van der Waals surface area contributed by atoms with Crippen molar-refractivity contribution in [3.05, 3.63) is 130 Å². The Kier molecular flexibility index (Phi) is 11.0. The number of Topliss-reactive ketones (excluding diaryl/α,β-unsaturated/α-hetero) is 1. The topological polar surface area (TPSA) is 142 Å². The van der Waals surface area contributed by atoms with Crippen molar-refractivity contribution in [1.82, 2.24) is 19.6 Å². The number of anilines is 1. The molecule has 1 atom stereocenters. The third kappa shape index (κ3) is 7.44. The summed E-state index contributed by atoms with van der Waals surface area (Å²) in [6, 6.07) is 21.0. The smallest absolute Gasteiger partial charge is 0.274 e. The quantitative estimate of drug-likeness (QED) is 0.135. The predicted octanol–water partition coefficient (Wildman–Crippen LogP) is 6.33. The first kappa shape index (κ1) is 37.7. The van der Waals surface area contributed by atoms with E-state index in [1.54, 1.807) is 65.4 Å². The maximum absolute atomic E-state index is 14.5. The summed E-state index contributed by atoms with van der Waals surface area (Å²) in [6.45, 7) is 7.41. The van der Waals surface area contributed by atoms with E-state index in [2.05, 4.69) is 19.2 Å². The molecule has 1 unspecified atom stereocenters. The van der Waals surface area contributed by atoms with Gasteiger partial charge in [0.25, 0.3) is 17.7 Å². The highest BCUT2D eigenvalue weighted by molar-refractivity contribution is 7.85. The van der Waals surface area contributed by atoms with Crippen molar-refractivity contribution in [2.45, 2.75) is 77.0 Å². The number of hydrogen-bond acceptors (Lipinski definition) is 8. The molecule has 0 bridgehead atoms. The van der Waals surface area contributed by atoms with Crippen LogP contribution in [0.2, 0.25) is 0 Å². The summed E-state index contributed by atoms with van der Waals surface area (Å²) in [7, 11) is -1.61. The Morgan fingerprint density at radius 2 is 1.65 bits per heavy atom. The molecular weight excluding hydrogens is 715 g/mol. The molecule has 3 amide bonds. The van der Waals surface area contributed by atoms with Gasteiger partial charge in [0.1, 0.15) is 6.23 Å². The van der Waals surface area contributed by atoms with Crippen LogP contribution in [0, 0.1) is 6.92 Å². The number of rotatable bonds is 11. The number of aryl methyl sites for hydroxylation is 1. The first-order chi connectivity index (χ1) is 26.6. The molecule has 1 aromatic heterocycles. The minimum absolute atomic E-state index is 0.0183. The predicted molar refractivity (Wildman–Crippen MR) is 212 cm³/mol. The third-order valence-electron chi connectivity index (χ3n) is 10.3. The lowest BCUT2D eigenvalue weighted by Gasteiger charge is -2.34. The number of aromatic nitrogens is 2. The van der Waals surface area contributed by atoms with E-state index in [1.165, 1.54) is 4.90 Å². The normalized spacial score (nSPS) is 16.4. The average Bonchev–Trinajstić information content (AvgIpc) is 3.59. The van der Waals surface area contributed by atoms with Crippen LogP contribution in [0.5, 0.6) is 0 Å². The second-order valence-corrected chi connectivity index (χ2v) is 15.6. The van der Waals surface area contributed by atoms with Crippen molar-refractivity contribution in [3.63, 3.8) is 0 Å². The fraction of sp³-hybridized carbons (Fsp3) is 0.302. The van der Waals surface area contributed by atoms with Crippen molar-refractivity contribution < 1.29 is 28.5 Å². The van der Waals surface area contributed by atoms with Crippen LogP contribution >= 0.6 is 0 Å². The van der Waals surface area contributed by atoms with Crippen molar-refractivity contribution >= 4 is 44.4 Å². The molecule has 284 valence electrons. The Labute approximate surface area is 322 Å². The summed E-state index contributed by atoms with van der Waals surface area (Å²) in [5.74, 6) is -1.36. The second kappa shape index (κ2) is 16.0. The molecule has 11 nitrogen and oxygen atoms in total. The lowest BCUT2D eigenvalue weighted by atomic mass is 9.91. The molecule has 3 aliphatic rings. The summed E-state index contributed by atoms with van der Waals surface area (Å²) < 4.78 is 15.1. The third-order valence-corrected chi connectivity index (χ3v) is 11.9. The second-order valence-electron chi connectivity index (χ2n) is 14.1. The number of carbonyl (C=O) groups is 4. The van der Waals surface area contributed by atoms with Gasteiger partial charge in [-0.25, -0.2) is 15.1 Å². The Morgan fingerprint density at radius 3 is 2.40 bits per heavy atom. The molecule has 7 rings (SSSR count). The van der Waals surface area contributed by atoms with E-state index in [0.717, 1.165) is 36.8 Å². The molecule has 3 heterocycles. The molecule has 0 saturated carbocycles. The zero-order chi connectivity index (χ0) is 38.8. The lowest BCUT2D eigenvalue weighted by molar-refractivity contribution is -0.112. The maximum atomic E-state index is 14.5. The van der Waals surface area contributed by atoms with Gasteiger partial charge in [-0.2, -0.15) is 5.10 Å². The van der Waals surface area contributed by atoms with E-state index in [0.29, 0.717) is 56.6 Å². The number of nitrogens with one attached hydrogen (secondary N) is 1. The van der Waals surface area contributed by atoms with Gasteiger partial charge < -0.3 is 24.4 Å². The van der Waals surface area contributed by atoms with E-state index < -0.39 is 28.4 Å². The van der Waals surface area contributed by atoms with E-state index in [4.69, 9.17) is 5.10 Å². The number of aliphatic hydroxyl groups is 1. The summed E-state index contributed by atoms with van der Waals surface area (Å²) in [5, 5.41) is 18.8. The molecule has 0 fully saturated rings. The van der Waals surface area contributed by atoms with Crippen LogP contribution < -0.4 is 5.32 Å². The molecule has 2 aliphatic heterocycles. The molecule has 55 heavy (non-hydrogen) atoms. The van der Waals surface area contributed by atoms with Gasteiger partial charge >= 0.3 is 0 Å². The minimum Gasteiger partial charge on any atom is -0.457 e. The van der Waals surface area contributed by atoms with Crippen molar-refractivity contribution in [3.8, 4) is 5.69 Å². The number of amides is 3. The zero-order valence-corrected chi connectivity index (χ0v) is 32.0. The van der Waals surface area contributed by atoms with Gasteiger partial charge in [0.15, 0.2) is 11.5 Å². The van der Waals surface area contributed by atoms with Gasteiger partial charge in [0.2, 0.25) is 0 Å². The molecule has 2 N–H and O–H groups in total. The van der Waals surface area contributed by atoms with Gasteiger partial charge in [-0.1, -0.05) is 87.4 Å². The fourth-order valence-electron chi connectivity index (χ4n) is 7.27. The van der Waals surface area contributed by atoms with Crippen molar-refractivity contribution in [1.29, 1.82) is 0 Å². The number of nitrogens with zero attached hydrogens (tertiary/aromatic N) is 4. The number of aliphatic hydroxyl groups excluding tert-OH is 1. The Hall–Kier alpha value is -5.59. The maximum Gasteiger partial charge on any atom is 0.274 e. The zero-order valence-electron chi connectivity index (χ0n) is 31.2. The first-order valence-corrected chi connectivity index (χ1v) is 19.9. The molecule has 12 heteroatoms. The molecular formula is C43H44N5O6S-. The molecule has 0 radical (unpaired) electrons. The molecule has 3 aromatic carbocycles. The number of ketones is 1. The molecule has 1 aliphatic carbocycles. The Morgan fingerprint density at radius 1 is 0.945 bits per heavy atom. The largest absolute Gasteiger partial charge is 0.457 e. The number of unbranched alkanes of at least 4 members (excludes halogenated alkanes) is 2. The number of benzene rings is 3. The van der Waals surface area contributed by atoms with Gasteiger partial charge in [-0.15, -0.1) is 9.76 Å². The van der Waals surface area contributed by atoms with Gasteiger partial charge in [-0.05, 0) is 61.6 Å². The van der Waals surface area contributed by atoms with E-state index in [9.17, 15) is 28.5 Å². The van der Waals surface area contributed by atoms with E-state index in [1.807, 2.05) is 36.1 Å². The van der Waals surface area contributed by atoms with Crippen LogP contribution in [-0.2, 0) is 32.4 Å². The van der Waals surface area contributed by atoms with Crippen molar-refractivity contribution in [2.24, 2.45) is 0 Å². The van der Waals surface area contributed by atoms with Gasteiger partial charge in [0.05, 0.1) is 11.3 Å². The van der Waals surface area contributed by atoms with Crippen LogP contribution in [0.1, 0.15) is 94.0 Å². The van der Waals surface area contributed by atoms with Crippen molar-refractivity contribution in [2.75, 3.05) is 18.4 Å². The van der Waals surface area contributed by atoms with E-state index >= 15 is 0 Å². The lowest BCUT2D eigenvalue weighted by Crippen LogP contribution is -2.44. The number of carbonyl (C=O) groups excluding carboxylic acids is 4.